The lowest BCUT2D eigenvalue weighted by Crippen LogP contribution is -2.15. The van der Waals surface area contributed by atoms with Gasteiger partial charge in [0, 0.05) is 18.0 Å². The fourth-order valence-electron chi connectivity index (χ4n) is 3.60. The first kappa shape index (κ1) is 20.5. The molecule has 1 amide bonds. The van der Waals surface area contributed by atoms with Crippen LogP contribution in [0.15, 0.2) is 91.3 Å². The Morgan fingerprint density at radius 3 is 2.21 bits per heavy atom. The molecule has 0 fully saturated rings. The fraction of sp³-hybridized carbons (Fsp3) is 0. The summed E-state index contributed by atoms with van der Waals surface area (Å²) in [5, 5.41) is 2.53. The smallest absolute Gasteiger partial charge is 0.258 e. The van der Waals surface area contributed by atoms with Crippen molar-refractivity contribution in [2.75, 3.05) is 5.32 Å². The van der Waals surface area contributed by atoms with Crippen molar-refractivity contribution in [2.45, 2.75) is 0 Å². The first-order valence-electron chi connectivity index (χ1n) is 10.1. The van der Waals surface area contributed by atoms with Gasteiger partial charge in [0.1, 0.15) is 0 Å². The van der Waals surface area contributed by atoms with Gasteiger partial charge in [0.25, 0.3) is 5.91 Å². The van der Waals surface area contributed by atoms with Crippen molar-refractivity contribution in [3.05, 3.63) is 114 Å². The van der Waals surface area contributed by atoms with Crippen LogP contribution in [0.2, 0.25) is 0 Å². The molecule has 0 atom stereocenters. The number of hydrogen-bond acceptors (Lipinski definition) is 2. The van der Waals surface area contributed by atoms with Gasteiger partial charge in [-0.15, -0.1) is 0 Å². The van der Waals surface area contributed by atoms with Gasteiger partial charge < -0.3 is 9.72 Å². The van der Waals surface area contributed by atoms with Crippen LogP contribution in [-0.2, 0) is 0 Å². The van der Waals surface area contributed by atoms with Crippen LogP contribution in [0.1, 0.15) is 10.4 Å². The Morgan fingerprint density at radius 1 is 0.758 bits per heavy atom. The second-order valence-electron chi connectivity index (χ2n) is 7.40. The van der Waals surface area contributed by atoms with Crippen LogP contribution in [0.25, 0.3) is 28.0 Å². The minimum absolute atomic E-state index is 0.304. The van der Waals surface area contributed by atoms with Crippen LogP contribution in [0.5, 0.6) is 0 Å². The van der Waals surface area contributed by atoms with Gasteiger partial charge in [-0.05, 0) is 35.4 Å². The van der Waals surface area contributed by atoms with E-state index >= 15 is 0 Å². The number of pyridine rings is 1. The summed E-state index contributed by atoms with van der Waals surface area (Å²) in [6, 6.07) is 22.8. The Bertz CT molecular complexity index is 1480. The van der Waals surface area contributed by atoms with Crippen LogP contribution >= 0.6 is 0 Å². The van der Waals surface area contributed by atoms with Crippen LogP contribution < -0.4 is 5.32 Å². The third-order valence-electron chi connectivity index (χ3n) is 5.30. The van der Waals surface area contributed by atoms with E-state index in [1.54, 1.807) is 28.9 Å². The molecule has 4 nitrogen and oxygen atoms in total. The molecular formula is C26H16F3N3O. The molecule has 0 bridgehead atoms. The Hall–Kier alpha value is -4.39. The van der Waals surface area contributed by atoms with Crippen LogP contribution in [0.3, 0.4) is 0 Å². The highest BCUT2D eigenvalue weighted by molar-refractivity contribution is 6.06. The van der Waals surface area contributed by atoms with Crippen molar-refractivity contribution in [2.24, 2.45) is 0 Å². The van der Waals surface area contributed by atoms with Gasteiger partial charge in [0.2, 0.25) is 0 Å². The molecule has 5 aromatic rings. The van der Waals surface area contributed by atoms with E-state index in [1.807, 2.05) is 54.6 Å². The maximum Gasteiger partial charge on any atom is 0.258 e. The number of imidazole rings is 1. The Balaban J connectivity index is 1.45. The van der Waals surface area contributed by atoms with Crippen molar-refractivity contribution < 1.29 is 18.0 Å². The third kappa shape index (κ3) is 3.85. The van der Waals surface area contributed by atoms with Gasteiger partial charge in [0.15, 0.2) is 23.1 Å². The van der Waals surface area contributed by atoms with E-state index in [4.69, 9.17) is 0 Å². The number of carbonyl (C=O) groups is 1. The van der Waals surface area contributed by atoms with E-state index in [0.717, 1.165) is 22.8 Å². The summed E-state index contributed by atoms with van der Waals surface area (Å²) in [4.78, 5) is 17.1. The molecule has 3 aromatic carbocycles. The molecule has 162 valence electrons. The molecule has 0 aliphatic rings. The highest BCUT2D eigenvalue weighted by Crippen LogP contribution is 2.27. The zero-order valence-corrected chi connectivity index (χ0v) is 17.1. The number of benzene rings is 3. The number of amides is 1. The lowest BCUT2D eigenvalue weighted by molar-refractivity contribution is 0.102. The summed E-state index contributed by atoms with van der Waals surface area (Å²) >= 11 is 0. The molecule has 2 aromatic heterocycles. The summed E-state index contributed by atoms with van der Waals surface area (Å²) in [5.41, 5.74) is 3.87. The van der Waals surface area contributed by atoms with Crippen molar-refractivity contribution in [1.29, 1.82) is 0 Å². The van der Waals surface area contributed by atoms with Gasteiger partial charge in [-0.1, -0.05) is 54.6 Å². The van der Waals surface area contributed by atoms with Crippen molar-refractivity contribution in [3.8, 4) is 22.4 Å². The molecule has 1 N–H and O–H groups in total. The number of nitrogens with one attached hydrogen (secondary N) is 1. The van der Waals surface area contributed by atoms with E-state index in [0.29, 0.717) is 23.1 Å². The lowest BCUT2D eigenvalue weighted by Gasteiger charge is -2.08. The Labute approximate surface area is 187 Å². The zero-order valence-electron chi connectivity index (χ0n) is 17.1. The van der Waals surface area contributed by atoms with E-state index in [9.17, 15) is 18.0 Å². The van der Waals surface area contributed by atoms with E-state index in [2.05, 4.69) is 10.3 Å². The summed E-state index contributed by atoms with van der Waals surface area (Å²) in [6.45, 7) is 0. The maximum atomic E-state index is 14.0. The number of rotatable bonds is 4. The normalized spacial score (nSPS) is 11.0. The highest BCUT2D eigenvalue weighted by atomic mass is 19.2. The van der Waals surface area contributed by atoms with Crippen molar-refractivity contribution >= 4 is 17.2 Å². The number of aromatic nitrogens is 2. The minimum Gasteiger partial charge on any atom is -0.319 e. The van der Waals surface area contributed by atoms with Crippen LogP contribution in [0, 0.1) is 17.5 Å². The van der Waals surface area contributed by atoms with E-state index < -0.39 is 28.9 Å². The van der Waals surface area contributed by atoms with Crippen LogP contribution in [0.4, 0.5) is 18.9 Å². The molecule has 0 aliphatic carbocycles. The molecule has 0 saturated heterocycles. The molecule has 33 heavy (non-hydrogen) atoms. The third-order valence-corrected chi connectivity index (χ3v) is 5.30. The largest absolute Gasteiger partial charge is 0.319 e. The average Bonchev–Trinajstić information content (AvgIpc) is 3.29. The number of fused-ring (bicyclic) bond motifs is 1. The number of nitrogens with zero attached hydrogens (tertiary/aromatic N) is 2. The van der Waals surface area contributed by atoms with Gasteiger partial charge in [-0.25, -0.2) is 18.2 Å². The Kier molecular flexibility index (Phi) is 5.14. The molecule has 5 rings (SSSR count). The molecule has 0 radical (unpaired) electrons. The molecule has 0 aliphatic heterocycles. The molecule has 2 heterocycles. The monoisotopic (exact) mass is 443 g/mol. The molecule has 0 unspecified atom stereocenters. The van der Waals surface area contributed by atoms with Crippen molar-refractivity contribution in [3.63, 3.8) is 0 Å². The topological polar surface area (TPSA) is 46.4 Å². The van der Waals surface area contributed by atoms with E-state index in [-0.39, 0.29) is 0 Å². The van der Waals surface area contributed by atoms with Gasteiger partial charge in [0.05, 0.1) is 16.9 Å². The first-order chi connectivity index (χ1) is 16.0. The van der Waals surface area contributed by atoms with Crippen LogP contribution in [-0.4, -0.2) is 15.3 Å². The predicted molar refractivity (Wildman–Crippen MR) is 120 cm³/mol. The summed E-state index contributed by atoms with van der Waals surface area (Å²) in [6.07, 6.45) is 3.57. The van der Waals surface area contributed by atoms with Gasteiger partial charge in [-0.3, -0.25) is 4.79 Å². The summed E-state index contributed by atoms with van der Waals surface area (Å²) in [5.74, 6) is -5.50. The first-order valence-corrected chi connectivity index (χ1v) is 10.1. The summed E-state index contributed by atoms with van der Waals surface area (Å²) < 4.78 is 42.4. The standard InChI is InChI=1S/C26H16F3N3O/c27-20-13-12-19(23(28)24(20)29)26(33)31-21-7-4-14-32-15-22(30-25(21)32)18-10-8-17(9-11-18)16-5-2-1-3-6-16/h1-15H,(H,31,33). The number of halogens is 3. The average molecular weight is 443 g/mol. The summed E-state index contributed by atoms with van der Waals surface area (Å²) in [7, 11) is 0. The maximum absolute atomic E-state index is 14.0. The minimum atomic E-state index is -1.69. The number of carbonyl (C=O) groups excluding carboxylic acids is 1. The molecule has 7 heteroatoms. The lowest BCUT2D eigenvalue weighted by atomic mass is 10.0. The quantitative estimate of drug-likeness (QED) is 0.330. The van der Waals surface area contributed by atoms with Gasteiger partial charge >= 0.3 is 0 Å². The van der Waals surface area contributed by atoms with Gasteiger partial charge in [-0.2, -0.15) is 0 Å². The predicted octanol–water partition coefficient (Wildman–Crippen LogP) is 6.34. The highest BCUT2D eigenvalue weighted by Gasteiger charge is 2.20. The second kappa shape index (κ2) is 8.27. The molecule has 0 saturated carbocycles. The molecule has 0 spiro atoms. The molecular weight excluding hydrogens is 427 g/mol. The number of anilines is 1. The zero-order chi connectivity index (χ0) is 22.9. The fourth-order valence-corrected chi connectivity index (χ4v) is 3.60. The van der Waals surface area contributed by atoms with Crippen molar-refractivity contribution in [1.82, 2.24) is 9.38 Å². The van der Waals surface area contributed by atoms with E-state index in [1.165, 1.54) is 0 Å². The Morgan fingerprint density at radius 2 is 1.45 bits per heavy atom. The second-order valence-corrected chi connectivity index (χ2v) is 7.40. The SMILES string of the molecule is O=C(Nc1cccn2cc(-c3ccc(-c4ccccc4)cc3)nc12)c1ccc(F)c(F)c1F. The number of hydrogen-bond donors (Lipinski definition) is 1.